The summed E-state index contributed by atoms with van der Waals surface area (Å²) in [5.74, 6) is 1.50. The first-order valence-corrected chi connectivity index (χ1v) is 13.3. The van der Waals surface area contributed by atoms with Crippen LogP contribution in [0.2, 0.25) is 0 Å². The first kappa shape index (κ1) is 21.7. The quantitative estimate of drug-likeness (QED) is 0.572. The van der Waals surface area contributed by atoms with Gasteiger partial charge in [-0.05, 0) is 0 Å². The Kier molecular flexibility index (Phi) is 7.48. The summed E-state index contributed by atoms with van der Waals surface area (Å²) < 4.78 is 8.79. The maximum atomic E-state index is 2.94. The van der Waals surface area contributed by atoms with Crippen molar-refractivity contribution in [1.82, 2.24) is 9.36 Å². The molecular weight excluding hydrogens is 389 g/mol. The van der Waals surface area contributed by atoms with Gasteiger partial charge >= 0.3 is 155 Å². The molecule has 1 aliphatic rings. The van der Waals surface area contributed by atoms with Crippen LogP contribution in [0.5, 0.6) is 0 Å². The average Bonchev–Trinajstić information content (AvgIpc) is 2.30. The normalized spacial score (nSPS) is 20.1. The molecule has 1 saturated heterocycles. The number of hydrogen-bond acceptors (Lipinski definition) is 3. The van der Waals surface area contributed by atoms with Crippen molar-refractivity contribution in [3.8, 4) is 0 Å². The van der Waals surface area contributed by atoms with E-state index >= 15 is 0 Å². The van der Waals surface area contributed by atoms with Gasteiger partial charge in [0.15, 0.2) is 0 Å². The second-order valence-electron chi connectivity index (χ2n) is 9.96. The van der Waals surface area contributed by atoms with Gasteiger partial charge < -0.3 is 0 Å². The summed E-state index contributed by atoms with van der Waals surface area (Å²) in [4.78, 5) is 0. The van der Waals surface area contributed by atoms with Gasteiger partial charge in [-0.25, -0.2) is 0 Å². The Bertz CT molecular complexity index is 336. The van der Waals surface area contributed by atoms with Crippen LogP contribution in [0.4, 0.5) is 0 Å². The summed E-state index contributed by atoms with van der Waals surface area (Å²) in [6, 6.07) is 0. The SMILES string of the molecule is CCC1[N](CC(C)C)[Sn]([N](C(C)(C)C)C(C)(C)C)[N]1CC(C)C. The van der Waals surface area contributed by atoms with E-state index in [9.17, 15) is 0 Å². The third kappa shape index (κ3) is 5.32. The number of hydrogen-bond donors (Lipinski definition) is 0. The van der Waals surface area contributed by atoms with E-state index in [0.717, 1.165) is 11.8 Å². The van der Waals surface area contributed by atoms with Crippen molar-refractivity contribution >= 4 is 20.6 Å². The zero-order chi connectivity index (χ0) is 18.2. The van der Waals surface area contributed by atoms with E-state index in [-0.39, 0.29) is 11.1 Å². The first-order chi connectivity index (χ1) is 10.3. The summed E-state index contributed by atoms with van der Waals surface area (Å²) in [6.45, 7) is 28.8. The molecule has 0 spiro atoms. The summed E-state index contributed by atoms with van der Waals surface area (Å²) in [6.07, 6.45) is 1.94. The molecule has 0 saturated carbocycles. The van der Waals surface area contributed by atoms with E-state index in [1.165, 1.54) is 19.5 Å². The molecule has 1 heterocycles. The van der Waals surface area contributed by atoms with Crippen LogP contribution in [0, 0.1) is 11.8 Å². The Morgan fingerprint density at radius 2 is 1.17 bits per heavy atom. The van der Waals surface area contributed by atoms with Crippen LogP contribution in [0.25, 0.3) is 0 Å². The predicted octanol–water partition coefficient (Wildman–Crippen LogP) is 4.54. The van der Waals surface area contributed by atoms with Crippen molar-refractivity contribution in [2.45, 2.75) is 99.8 Å². The van der Waals surface area contributed by atoms with E-state index in [2.05, 4.69) is 85.5 Å². The van der Waals surface area contributed by atoms with Crippen molar-refractivity contribution in [2.75, 3.05) is 13.1 Å². The van der Waals surface area contributed by atoms with E-state index in [0.29, 0.717) is 6.17 Å². The minimum atomic E-state index is -1.99. The molecule has 0 bridgehead atoms. The molecule has 0 unspecified atom stereocenters. The molecule has 1 rings (SSSR count). The molecular formula is C19H42N3Sn. The molecule has 3 nitrogen and oxygen atoms in total. The standard InChI is InChI=1S/C11H24N2.C8H18N.Sn/c1-6-11(12-7-9(2)3)13-8-10(4)5;1-7(2,3)9-8(4,5)6;/h9-11H,6-8H2,1-5H3;1-6H3;/q-2;-1;+3. The molecule has 137 valence electrons. The topological polar surface area (TPSA) is 9.72 Å². The molecule has 0 atom stereocenters. The molecule has 23 heavy (non-hydrogen) atoms. The Balaban J connectivity index is 3.20. The van der Waals surface area contributed by atoms with Crippen molar-refractivity contribution in [2.24, 2.45) is 11.8 Å². The van der Waals surface area contributed by atoms with Crippen LogP contribution in [-0.4, -0.2) is 60.3 Å². The fraction of sp³-hybridized carbons (Fsp3) is 1.00. The molecule has 1 radical (unpaired) electrons. The van der Waals surface area contributed by atoms with Gasteiger partial charge in [-0.2, -0.15) is 0 Å². The molecule has 0 aromatic heterocycles. The van der Waals surface area contributed by atoms with Gasteiger partial charge in [-0.1, -0.05) is 0 Å². The zero-order valence-electron chi connectivity index (χ0n) is 17.7. The molecule has 1 fully saturated rings. The molecule has 4 heteroatoms. The summed E-state index contributed by atoms with van der Waals surface area (Å²) in [5, 5.41) is 0. The van der Waals surface area contributed by atoms with Crippen LogP contribution in [0.1, 0.15) is 82.6 Å². The van der Waals surface area contributed by atoms with Gasteiger partial charge in [0.25, 0.3) is 0 Å². The summed E-state index contributed by atoms with van der Waals surface area (Å²) in [7, 11) is 0. The second-order valence-corrected chi connectivity index (χ2v) is 16.2. The Morgan fingerprint density at radius 1 is 0.826 bits per heavy atom. The van der Waals surface area contributed by atoms with E-state index in [1.54, 1.807) is 0 Å². The van der Waals surface area contributed by atoms with Gasteiger partial charge in [-0.15, -0.1) is 0 Å². The predicted molar refractivity (Wildman–Crippen MR) is 104 cm³/mol. The molecule has 0 aromatic carbocycles. The minimum absolute atomic E-state index is 0.232. The number of nitrogens with zero attached hydrogens (tertiary/aromatic N) is 3. The third-order valence-corrected chi connectivity index (χ3v) is 14.9. The molecule has 1 aliphatic heterocycles. The van der Waals surface area contributed by atoms with Crippen molar-refractivity contribution in [3.05, 3.63) is 0 Å². The second kappa shape index (κ2) is 7.92. The van der Waals surface area contributed by atoms with Gasteiger partial charge in [0.05, 0.1) is 0 Å². The molecule has 0 aromatic rings. The maximum absolute atomic E-state index is 2.94. The van der Waals surface area contributed by atoms with Crippen molar-refractivity contribution in [3.63, 3.8) is 0 Å². The first-order valence-electron chi connectivity index (χ1n) is 9.51. The fourth-order valence-electron chi connectivity index (χ4n) is 4.04. The van der Waals surface area contributed by atoms with Crippen LogP contribution < -0.4 is 0 Å². The Morgan fingerprint density at radius 3 is 1.39 bits per heavy atom. The van der Waals surface area contributed by atoms with Crippen molar-refractivity contribution < 1.29 is 0 Å². The fourth-order valence-corrected chi connectivity index (χ4v) is 15.8. The number of rotatable bonds is 6. The van der Waals surface area contributed by atoms with E-state index in [1.807, 2.05) is 0 Å². The van der Waals surface area contributed by atoms with Crippen molar-refractivity contribution in [1.29, 1.82) is 0 Å². The average molecular weight is 431 g/mol. The Hall–Kier alpha value is 0.679. The summed E-state index contributed by atoms with van der Waals surface area (Å²) in [5.41, 5.74) is 0.465. The Labute approximate surface area is 154 Å². The molecule has 0 aliphatic carbocycles. The van der Waals surface area contributed by atoms with Gasteiger partial charge in [0.2, 0.25) is 0 Å². The van der Waals surface area contributed by atoms with Crippen LogP contribution in [0.3, 0.4) is 0 Å². The van der Waals surface area contributed by atoms with Crippen LogP contribution >= 0.6 is 0 Å². The van der Waals surface area contributed by atoms with Gasteiger partial charge in [-0.3, -0.25) is 0 Å². The zero-order valence-corrected chi connectivity index (χ0v) is 20.5. The van der Waals surface area contributed by atoms with Crippen LogP contribution in [-0.2, 0) is 0 Å². The van der Waals surface area contributed by atoms with Gasteiger partial charge in [0, 0.05) is 0 Å². The van der Waals surface area contributed by atoms with E-state index < -0.39 is 20.6 Å². The summed E-state index contributed by atoms with van der Waals surface area (Å²) >= 11 is -1.99. The third-order valence-electron chi connectivity index (χ3n) is 4.26. The van der Waals surface area contributed by atoms with Gasteiger partial charge in [0.1, 0.15) is 0 Å². The monoisotopic (exact) mass is 432 g/mol. The van der Waals surface area contributed by atoms with E-state index in [4.69, 9.17) is 0 Å². The molecule has 0 amide bonds. The molecule has 0 N–H and O–H groups in total. The van der Waals surface area contributed by atoms with Crippen LogP contribution in [0.15, 0.2) is 0 Å².